The lowest BCUT2D eigenvalue weighted by atomic mass is 10.3. The lowest BCUT2D eigenvalue weighted by Crippen LogP contribution is -2.21. The van der Waals surface area contributed by atoms with Crippen LogP contribution < -0.4 is 5.76 Å². The van der Waals surface area contributed by atoms with Gasteiger partial charge in [0.25, 0.3) is 5.69 Å². The van der Waals surface area contributed by atoms with Crippen LogP contribution in [0.5, 0.6) is 0 Å². The maximum absolute atomic E-state index is 11.5. The van der Waals surface area contributed by atoms with Crippen molar-refractivity contribution in [2.24, 2.45) is 0 Å². The van der Waals surface area contributed by atoms with Gasteiger partial charge in [-0.2, -0.15) is 0 Å². The molecule has 0 saturated heterocycles. The van der Waals surface area contributed by atoms with Gasteiger partial charge in [-0.05, 0) is 13.0 Å². The Bertz CT molecular complexity index is 625. The number of nitro groups is 1. The molecule has 0 spiro atoms. The van der Waals surface area contributed by atoms with Crippen LogP contribution >= 0.6 is 0 Å². The molecule has 0 aliphatic carbocycles. The second-order valence-electron chi connectivity index (χ2n) is 3.74. The van der Waals surface area contributed by atoms with Gasteiger partial charge in [-0.1, -0.05) is 0 Å². The van der Waals surface area contributed by atoms with Crippen molar-refractivity contribution >= 4 is 16.8 Å². The average molecular weight is 238 g/mol. The summed E-state index contributed by atoms with van der Waals surface area (Å²) in [6.07, 6.45) is -0.743. The highest BCUT2D eigenvalue weighted by molar-refractivity contribution is 5.75. The van der Waals surface area contributed by atoms with Crippen molar-refractivity contribution < 1.29 is 14.4 Å². The molecule has 0 aliphatic rings. The maximum Gasteiger partial charge on any atom is 0.420 e. The minimum Gasteiger partial charge on any atom is -0.408 e. The van der Waals surface area contributed by atoms with Crippen LogP contribution in [0.1, 0.15) is 6.92 Å². The predicted octanol–water partition coefficient (Wildman–Crippen LogP) is 0.883. The van der Waals surface area contributed by atoms with Crippen molar-refractivity contribution in [3.63, 3.8) is 0 Å². The number of nitro benzene ring substituents is 1. The Labute approximate surface area is 95.0 Å². The summed E-state index contributed by atoms with van der Waals surface area (Å²) in [6, 6.07) is 3.88. The molecule has 0 amide bonds. The quantitative estimate of drug-likeness (QED) is 0.632. The van der Waals surface area contributed by atoms with Gasteiger partial charge in [0.1, 0.15) is 0 Å². The molecule has 17 heavy (non-hydrogen) atoms. The fourth-order valence-electron chi connectivity index (χ4n) is 1.60. The van der Waals surface area contributed by atoms with Crippen molar-refractivity contribution in [1.82, 2.24) is 4.57 Å². The molecule has 1 aromatic heterocycles. The Hall–Kier alpha value is -2.15. The highest BCUT2D eigenvalue weighted by atomic mass is 16.6. The van der Waals surface area contributed by atoms with Crippen LogP contribution in [0.25, 0.3) is 11.1 Å². The zero-order valence-corrected chi connectivity index (χ0v) is 8.99. The Kier molecular flexibility index (Phi) is 2.68. The van der Waals surface area contributed by atoms with Crippen molar-refractivity contribution in [1.29, 1.82) is 0 Å². The zero-order valence-electron chi connectivity index (χ0n) is 8.99. The van der Waals surface area contributed by atoms with Crippen LogP contribution in [-0.2, 0) is 6.54 Å². The van der Waals surface area contributed by atoms with Gasteiger partial charge in [0.2, 0.25) is 0 Å². The molecule has 7 nitrogen and oxygen atoms in total. The van der Waals surface area contributed by atoms with Crippen molar-refractivity contribution in [2.75, 3.05) is 0 Å². The third-order valence-electron chi connectivity index (χ3n) is 2.31. The van der Waals surface area contributed by atoms with Crippen LogP contribution in [0.15, 0.2) is 27.4 Å². The third kappa shape index (κ3) is 2.04. The Morgan fingerprint density at radius 2 is 2.29 bits per heavy atom. The molecule has 0 bridgehead atoms. The van der Waals surface area contributed by atoms with E-state index in [1.807, 2.05) is 0 Å². The van der Waals surface area contributed by atoms with Gasteiger partial charge in [-0.3, -0.25) is 14.7 Å². The number of aliphatic hydroxyl groups is 1. The summed E-state index contributed by atoms with van der Waals surface area (Å²) in [5, 5.41) is 19.9. The Morgan fingerprint density at radius 3 is 2.88 bits per heavy atom. The van der Waals surface area contributed by atoms with E-state index < -0.39 is 16.8 Å². The molecule has 1 N–H and O–H groups in total. The second kappa shape index (κ2) is 4.02. The van der Waals surface area contributed by atoms with Crippen LogP contribution in [0.2, 0.25) is 0 Å². The largest absolute Gasteiger partial charge is 0.420 e. The molecule has 1 atom stereocenters. The number of rotatable bonds is 3. The zero-order chi connectivity index (χ0) is 12.6. The normalized spacial score (nSPS) is 12.8. The van der Waals surface area contributed by atoms with Crippen LogP contribution in [0, 0.1) is 10.1 Å². The molecule has 1 aromatic carbocycles. The van der Waals surface area contributed by atoms with E-state index in [1.165, 1.54) is 29.7 Å². The summed E-state index contributed by atoms with van der Waals surface area (Å²) in [4.78, 5) is 21.5. The summed E-state index contributed by atoms with van der Waals surface area (Å²) in [5.41, 5.74) is 0.448. The number of fused-ring (bicyclic) bond motifs is 1. The number of aliphatic hydroxyl groups excluding tert-OH is 1. The van der Waals surface area contributed by atoms with Gasteiger partial charge in [0.15, 0.2) is 5.58 Å². The summed E-state index contributed by atoms with van der Waals surface area (Å²) in [6.45, 7) is 1.55. The SMILES string of the molecule is CC(O)Cn1c(=O)oc2ccc([N+](=O)[O-])cc21. The van der Waals surface area contributed by atoms with E-state index in [2.05, 4.69) is 0 Å². The van der Waals surface area contributed by atoms with Crippen LogP contribution in [0.3, 0.4) is 0 Å². The number of nitrogens with zero attached hydrogens (tertiary/aromatic N) is 2. The number of non-ortho nitro benzene ring substituents is 1. The Balaban J connectivity index is 2.65. The van der Waals surface area contributed by atoms with E-state index in [1.54, 1.807) is 0 Å². The minimum atomic E-state index is -0.743. The molecular weight excluding hydrogens is 228 g/mol. The number of oxazole rings is 1. The second-order valence-corrected chi connectivity index (χ2v) is 3.74. The molecule has 1 unspecified atom stereocenters. The number of hydrogen-bond acceptors (Lipinski definition) is 5. The van der Waals surface area contributed by atoms with Crippen LogP contribution in [0.4, 0.5) is 5.69 Å². The van der Waals surface area contributed by atoms with Gasteiger partial charge in [0.05, 0.1) is 23.1 Å². The topological polar surface area (TPSA) is 98.5 Å². The molecule has 2 rings (SSSR count). The first-order valence-corrected chi connectivity index (χ1v) is 4.95. The van der Waals surface area contributed by atoms with E-state index in [0.29, 0.717) is 5.52 Å². The average Bonchev–Trinajstić information content (AvgIpc) is 2.54. The highest BCUT2D eigenvalue weighted by Gasteiger charge is 2.15. The molecule has 2 aromatic rings. The van der Waals surface area contributed by atoms with E-state index in [4.69, 9.17) is 4.42 Å². The fraction of sp³-hybridized carbons (Fsp3) is 0.300. The molecule has 90 valence electrons. The van der Waals surface area contributed by atoms with Gasteiger partial charge >= 0.3 is 5.76 Å². The number of aromatic nitrogens is 1. The minimum absolute atomic E-state index is 0.0347. The lowest BCUT2D eigenvalue weighted by Gasteiger charge is -2.03. The first-order valence-electron chi connectivity index (χ1n) is 4.95. The molecule has 0 radical (unpaired) electrons. The van der Waals surface area contributed by atoms with Crippen molar-refractivity contribution in [3.05, 3.63) is 38.9 Å². The summed E-state index contributed by atoms with van der Waals surface area (Å²) in [5.74, 6) is -0.638. The molecule has 0 fully saturated rings. The maximum atomic E-state index is 11.5. The van der Waals surface area contributed by atoms with Gasteiger partial charge < -0.3 is 9.52 Å². The molecule has 0 saturated carbocycles. The first kappa shape index (κ1) is 11.3. The van der Waals surface area contributed by atoms with Crippen molar-refractivity contribution in [2.45, 2.75) is 19.6 Å². The first-order chi connectivity index (χ1) is 7.99. The third-order valence-corrected chi connectivity index (χ3v) is 2.31. The predicted molar refractivity (Wildman–Crippen MR) is 58.8 cm³/mol. The molecule has 0 aliphatic heterocycles. The number of benzene rings is 1. The summed E-state index contributed by atoms with van der Waals surface area (Å²) < 4.78 is 6.08. The Morgan fingerprint density at radius 1 is 1.59 bits per heavy atom. The van der Waals surface area contributed by atoms with E-state index >= 15 is 0 Å². The lowest BCUT2D eigenvalue weighted by molar-refractivity contribution is -0.384. The smallest absolute Gasteiger partial charge is 0.408 e. The fourth-order valence-corrected chi connectivity index (χ4v) is 1.60. The standard InChI is InChI=1S/C10H10N2O5/c1-6(13)5-11-8-4-7(12(15)16)2-3-9(8)17-10(11)14/h2-4,6,13H,5H2,1H3. The van der Waals surface area contributed by atoms with Gasteiger partial charge in [-0.25, -0.2) is 4.79 Å². The monoisotopic (exact) mass is 238 g/mol. The van der Waals surface area contributed by atoms with Crippen LogP contribution in [-0.4, -0.2) is 20.7 Å². The van der Waals surface area contributed by atoms with Gasteiger partial charge in [-0.15, -0.1) is 0 Å². The van der Waals surface area contributed by atoms with E-state index in [-0.39, 0.29) is 17.8 Å². The van der Waals surface area contributed by atoms with E-state index in [9.17, 15) is 20.0 Å². The molecule has 7 heteroatoms. The highest BCUT2D eigenvalue weighted by Crippen LogP contribution is 2.20. The summed E-state index contributed by atoms with van der Waals surface area (Å²) in [7, 11) is 0. The van der Waals surface area contributed by atoms with Crippen molar-refractivity contribution in [3.8, 4) is 0 Å². The van der Waals surface area contributed by atoms with E-state index in [0.717, 1.165) is 0 Å². The van der Waals surface area contributed by atoms with Gasteiger partial charge in [0, 0.05) is 12.1 Å². The number of hydrogen-bond donors (Lipinski definition) is 1. The summed E-state index contributed by atoms with van der Waals surface area (Å²) >= 11 is 0. The molecule has 1 heterocycles. The molecular formula is C10H10N2O5.